The summed E-state index contributed by atoms with van der Waals surface area (Å²) in [5.41, 5.74) is 4.04. The number of para-hydroxylation sites is 1. The maximum atomic E-state index is 9.78. The van der Waals surface area contributed by atoms with Gasteiger partial charge >= 0.3 is 0 Å². The number of nitrogens with zero attached hydrogens (tertiary/aromatic N) is 2. The maximum Gasteiger partial charge on any atom is 0.0633 e. The third-order valence-electron chi connectivity index (χ3n) is 4.59. The quantitative estimate of drug-likeness (QED) is 0.900. The second-order valence-electron chi connectivity index (χ2n) is 5.88. The monoisotopic (exact) mass is 262 g/mol. The van der Waals surface area contributed by atoms with Crippen LogP contribution in [0.3, 0.4) is 0 Å². The molecule has 0 amide bonds. The van der Waals surface area contributed by atoms with Crippen molar-refractivity contribution in [1.82, 2.24) is 4.90 Å². The van der Waals surface area contributed by atoms with Crippen LogP contribution in [0.4, 0.5) is 5.69 Å². The number of hydrogen-bond donors (Lipinski definition) is 1. The fourth-order valence-corrected chi connectivity index (χ4v) is 3.14. The van der Waals surface area contributed by atoms with Gasteiger partial charge in [-0.25, -0.2) is 0 Å². The number of likely N-dealkylation sites (N-methyl/N-ethyl adjacent to an activating group) is 1. The van der Waals surface area contributed by atoms with Crippen molar-refractivity contribution in [2.24, 2.45) is 0 Å². The second kappa shape index (κ2) is 5.51. The molecule has 1 aromatic rings. The van der Waals surface area contributed by atoms with Gasteiger partial charge in [0.15, 0.2) is 0 Å². The molecule has 3 nitrogen and oxygen atoms in total. The zero-order valence-corrected chi connectivity index (χ0v) is 12.6. The topological polar surface area (TPSA) is 26.7 Å². The van der Waals surface area contributed by atoms with E-state index in [1.165, 1.54) is 16.8 Å². The van der Waals surface area contributed by atoms with E-state index in [2.05, 4.69) is 55.9 Å². The summed E-state index contributed by atoms with van der Waals surface area (Å²) in [6.07, 6.45) is 2.08. The van der Waals surface area contributed by atoms with Crippen molar-refractivity contribution >= 4 is 5.69 Å². The molecule has 1 aromatic carbocycles. The van der Waals surface area contributed by atoms with E-state index in [0.717, 1.165) is 25.9 Å². The Morgan fingerprint density at radius 2 is 2.11 bits per heavy atom. The van der Waals surface area contributed by atoms with Crippen molar-refractivity contribution in [3.05, 3.63) is 29.3 Å². The largest absolute Gasteiger partial charge is 0.394 e. The van der Waals surface area contributed by atoms with Crippen LogP contribution in [0.5, 0.6) is 0 Å². The van der Waals surface area contributed by atoms with E-state index in [-0.39, 0.29) is 12.1 Å². The number of rotatable bonds is 4. The minimum Gasteiger partial charge on any atom is -0.394 e. The predicted octanol–water partition coefficient (Wildman–Crippen LogP) is 2.06. The number of aliphatic hydroxyl groups excluding tert-OH is 1. The van der Waals surface area contributed by atoms with Crippen LogP contribution < -0.4 is 4.90 Å². The molecule has 0 radical (unpaired) electrons. The van der Waals surface area contributed by atoms with Gasteiger partial charge in [-0.2, -0.15) is 0 Å². The Morgan fingerprint density at radius 3 is 2.63 bits per heavy atom. The Bertz CT molecular complexity index is 444. The zero-order chi connectivity index (χ0) is 14.0. The molecule has 1 fully saturated rings. The average molecular weight is 262 g/mol. The highest BCUT2D eigenvalue weighted by Crippen LogP contribution is 2.34. The fraction of sp³-hybridized carbons (Fsp3) is 0.625. The van der Waals surface area contributed by atoms with Crippen molar-refractivity contribution < 1.29 is 5.11 Å². The number of anilines is 1. The molecule has 1 aliphatic heterocycles. The van der Waals surface area contributed by atoms with Gasteiger partial charge in [0.2, 0.25) is 0 Å². The number of aryl methyl sites for hydroxylation is 2. The van der Waals surface area contributed by atoms with Crippen LogP contribution in [0, 0.1) is 6.92 Å². The van der Waals surface area contributed by atoms with Crippen LogP contribution in [0.1, 0.15) is 24.5 Å². The predicted molar refractivity (Wildman–Crippen MR) is 80.9 cm³/mol. The molecule has 1 saturated heterocycles. The van der Waals surface area contributed by atoms with Gasteiger partial charge in [-0.05, 0) is 45.0 Å². The average Bonchev–Trinajstić information content (AvgIpc) is 2.83. The summed E-state index contributed by atoms with van der Waals surface area (Å²) in [6, 6.07) is 6.54. The first-order valence-corrected chi connectivity index (χ1v) is 7.16. The molecule has 3 heteroatoms. The van der Waals surface area contributed by atoms with Gasteiger partial charge in [0.1, 0.15) is 0 Å². The molecule has 1 heterocycles. The molecule has 0 bridgehead atoms. The molecule has 0 spiro atoms. The van der Waals surface area contributed by atoms with E-state index in [9.17, 15) is 5.11 Å². The summed E-state index contributed by atoms with van der Waals surface area (Å²) in [4.78, 5) is 4.63. The van der Waals surface area contributed by atoms with Crippen molar-refractivity contribution in [3.63, 3.8) is 0 Å². The molecular formula is C16H26N2O. The summed E-state index contributed by atoms with van der Waals surface area (Å²) in [7, 11) is 4.14. The van der Waals surface area contributed by atoms with Gasteiger partial charge in [0.25, 0.3) is 0 Å². The molecule has 1 aliphatic rings. The summed E-state index contributed by atoms with van der Waals surface area (Å²) in [6.45, 7) is 6.55. The first kappa shape index (κ1) is 14.4. The summed E-state index contributed by atoms with van der Waals surface area (Å²) < 4.78 is 0. The van der Waals surface area contributed by atoms with Gasteiger partial charge in [0, 0.05) is 18.8 Å². The van der Waals surface area contributed by atoms with Crippen molar-refractivity contribution in [2.45, 2.75) is 32.2 Å². The molecule has 0 aliphatic carbocycles. The summed E-state index contributed by atoms with van der Waals surface area (Å²) >= 11 is 0. The van der Waals surface area contributed by atoms with Crippen LogP contribution in [0.15, 0.2) is 18.2 Å². The lowest BCUT2D eigenvalue weighted by Crippen LogP contribution is -2.49. The molecule has 0 saturated carbocycles. The molecular weight excluding hydrogens is 236 g/mol. The van der Waals surface area contributed by atoms with Crippen LogP contribution in [-0.2, 0) is 6.42 Å². The van der Waals surface area contributed by atoms with Crippen molar-refractivity contribution in [1.29, 1.82) is 0 Å². The van der Waals surface area contributed by atoms with Crippen molar-refractivity contribution in [2.75, 3.05) is 38.7 Å². The first-order chi connectivity index (χ1) is 9.04. The standard InChI is InChI=1S/C16H26N2O/c1-5-14-8-6-7-13(2)15(14)18-10-9-16(11-18,12-19)17(3)4/h6-8,19H,5,9-12H2,1-4H3. The Kier molecular flexibility index (Phi) is 4.16. The van der Waals surface area contributed by atoms with E-state index < -0.39 is 0 Å². The highest BCUT2D eigenvalue weighted by Gasteiger charge is 2.40. The van der Waals surface area contributed by atoms with Crippen LogP contribution in [0.2, 0.25) is 0 Å². The molecule has 0 aromatic heterocycles. The Labute approximate surface area is 116 Å². The highest BCUT2D eigenvalue weighted by molar-refractivity contribution is 5.60. The zero-order valence-electron chi connectivity index (χ0n) is 12.6. The van der Waals surface area contributed by atoms with Gasteiger partial charge in [-0.1, -0.05) is 25.1 Å². The van der Waals surface area contributed by atoms with Crippen LogP contribution >= 0.6 is 0 Å². The summed E-state index contributed by atoms with van der Waals surface area (Å²) in [5, 5.41) is 9.78. The van der Waals surface area contributed by atoms with E-state index >= 15 is 0 Å². The lowest BCUT2D eigenvalue weighted by Gasteiger charge is -2.35. The smallest absolute Gasteiger partial charge is 0.0633 e. The minimum absolute atomic E-state index is 0.0900. The first-order valence-electron chi connectivity index (χ1n) is 7.16. The fourth-order valence-electron chi connectivity index (χ4n) is 3.14. The lowest BCUT2D eigenvalue weighted by atomic mass is 9.98. The SMILES string of the molecule is CCc1cccc(C)c1N1CCC(CO)(N(C)C)C1. The third kappa shape index (κ3) is 2.49. The molecule has 19 heavy (non-hydrogen) atoms. The van der Waals surface area contributed by atoms with Gasteiger partial charge in [-0.3, -0.25) is 4.90 Å². The minimum atomic E-state index is -0.0900. The Morgan fingerprint density at radius 1 is 1.37 bits per heavy atom. The Balaban J connectivity index is 2.31. The third-order valence-corrected chi connectivity index (χ3v) is 4.59. The normalized spacial score (nSPS) is 23.4. The van der Waals surface area contributed by atoms with Gasteiger partial charge in [0.05, 0.1) is 12.1 Å². The Hall–Kier alpha value is -1.06. The van der Waals surface area contributed by atoms with E-state index in [1.807, 2.05) is 0 Å². The van der Waals surface area contributed by atoms with Gasteiger partial charge in [-0.15, -0.1) is 0 Å². The maximum absolute atomic E-state index is 9.78. The number of benzene rings is 1. The van der Waals surface area contributed by atoms with Crippen LogP contribution in [-0.4, -0.2) is 49.3 Å². The summed E-state index contributed by atoms with van der Waals surface area (Å²) in [5.74, 6) is 0. The van der Waals surface area contributed by atoms with Gasteiger partial charge < -0.3 is 10.0 Å². The highest BCUT2D eigenvalue weighted by atomic mass is 16.3. The number of aliphatic hydroxyl groups is 1. The molecule has 2 rings (SSSR count). The molecule has 1 N–H and O–H groups in total. The van der Waals surface area contributed by atoms with Crippen LogP contribution in [0.25, 0.3) is 0 Å². The second-order valence-corrected chi connectivity index (χ2v) is 5.88. The van der Waals surface area contributed by atoms with Crippen molar-refractivity contribution in [3.8, 4) is 0 Å². The van der Waals surface area contributed by atoms with E-state index in [0.29, 0.717) is 0 Å². The lowest BCUT2D eigenvalue weighted by molar-refractivity contribution is 0.0867. The van der Waals surface area contributed by atoms with E-state index in [1.54, 1.807) is 0 Å². The molecule has 106 valence electrons. The van der Waals surface area contributed by atoms with E-state index in [4.69, 9.17) is 0 Å². The molecule has 1 atom stereocenters. The number of hydrogen-bond acceptors (Lipinski definition) is 3. The molecule has 1 unspecified atom stereocenters.